The zero-order chi connectivity index (χ0) is 14.5. The lowest BCUT2D eigenvalue weighted by molar-refractivity contribution is 0.0950. The zero-order valence-corrected chi connectivity index (χ0v) is 11.4. The maximum atomic E-state index is 13.0. The standard InChI is InChI=1S/C13H12ClFN4O/c1-2-16-13(20)11-5-6-12(19-18-11)17-8-3-4-10(15)9(14)7-8/h3-7H,2H2,1H3,(H,16,20)(H,17,19). The van der Waals surface area contributed by atoms with Crippen molar-refractivity contribution >= 4 is 29.0 Å². The van der Waals surface area contributed by atoms with Crippen LogP contribution in [0.3, 0.4) is 0 Å². The van der Waals surface area contributed by atoms with Gasteiger partial charge in [-0.05, 0) is 37.3 Å². The van der Waals surface area contributed by atoms with Gasteiger partial charge in [-0.1, -0.05) is 11.6 Å². The molecule has 2 N–H and O–H groups in total. The maximum Gasteiger partial charge on any atom is 0.271 e. The minimum atomic E-state index is -0.491. The Kier molecular flexibility index (Phi) is 4.47. The van der Waals surface area contributed by atoms with Crippen molar-refractivity contribution in [2.75, 3.05) is 11.9 Å². The fourth-order valence-corrected chi connectivity index (χ4v) is 1.67. The number of nitrogens with zero attached hydrogens (tertiary/aromatic N) is 2. The molecule has 7 heteroatoms. The van der Waals surface area contributed by atoms with Crippen molar-refractivity contribution in [3.8, 4) is 0 Å². The van der Waals surface area contributed by atoms with E-state index in [1.807, 2.05) is 6.92 Å². The number of carbonyl (C=O) groups excluding carboxylic acids is 1. The van der Waals surface area contributed by atoms with Crippen LogP contribution in [0.1, 0.15) is 17.4 Å². The minimum Gasteiger partial charge on any atom is -0.351 e. The van der Waals surface area contributed by atoms with E-state index in [1.165, 1.54) is 18.2 Å². The van der Waals surface area contributed by atoms with E-state index in [4.69, 9.17) is 11.6 Å². The average Bonchev–Trinajstić information content (AvgIpc) is 2.44. The van der Waals surface area contributed by atoms with Gasteiger partial charge in [0.1, 0.15) is 5.82 Å². The third-order valence-electron chi connectivity index (χ3n) is 2.43. The molecule has 0 saturated heterocycles. The fourth-order valence-electron chi connectivity index (χ4n) is 1.49. The first-order valence-corrected chi connectivity index (χ1v) is 6.32. The van der Waals surface area contributed by atoms with Gasteiger partial charge in [0.15, 0.2) is 11.5 Å². The molecule has 0 unspecified atom stereocenters. The van der Waals surface area contributed by atoms with E-state index in [0.29, 0.717) is 18.1 Å². The van der Waals surface area contributed by atoms with Crippen LogP contribution in [-0.4, -0.2) is 22.6 Å². The van der Waals surface area contributed by atoms with E-state index in [-0.39, 0.29) is 16.6 Å². The second-order valence-electron chi connectivity index (χ2n) is 3.92. The van der Waals surface area contributed by atoms with E-state index >= 15 is 0 Å². The van der Waals surface area contributed by atoms with Crippen molar-refractivity contribution < 1.29 is 9.18 Å². The Balaban J connectivity index is 2.10. The smallest absolute Gasteiger partial charge is 0.271 e. The molecule has 1 heterocycles. The van der Waals surface area contributed by atoms with Gasteiger partial charge in [0.25, 0.3) is 5.91 Å². The van der Waals surface area contributed by atoms with E-state index in [2.05, 4.69) is 20.8 Å². The van der Waals surface area contributed by atoms with Gasteiger partial charge >= 0.3 is 0 Å². The molecule has 0 fully saturated rings. The van der Waals surface area contributed by atoms with Gasteiger partial charge in [0.05, 0.1) is 5.02 Å². The number of anilines is 2. The Labute approximate surface area is 120 Å². The highest BCUT2D eigenvalue weighted by atomic mass is 35.5. The summed E-state index contributed by atoms with van der Waals surface area (Å²) in [5.74, 6) is -0.341. The third-order valence-corrected chi connectivity index (χ3v) is 2.72. The number of benzene rings is 1. The van der Waals surface area contributed by atoms with Crippen LogP contribution in [0.15, 0.2) is 30.3 Å². The lowest BCUT2D eigenvalue weighted by Gasteiger charge is -2.06. The Morgan fingerprint density at radius 1 is 1.30 bits per heavy atom. The van der Waals surface area contributed by atoms with Crippen molar-refractivity contribution in [1.29, 1.82) is 0 Å². The Hall–Kier alpha value is -2.21. The minimum absolute atomic E-state index is 0.0157. The highest BCUT2D eigenvalue weighted by Gasteiger charge is 2.07. The van der Waals surface area contributed by atoms with Crippen LogP contribution in [0.4, 0.5) is 15.9 Å². The highest BCUT2D eigenvalue weighted by molar-refractivity contribution is 6.31. The second-order valence-corrected chi connectivity index (χ2v) is 4.32. The molecular weight excluding hydrogens is 283 g/mol. The molecule has 2 aromatic rings. The van der Waals surface area contributed by atoms with Crippen LogP contribution in [0, 0.1) is 5.82 Å². The molecule has 5 nitrogen and oxygen atoms in total. The van der Waals surface area contributed by atoms with E-state index in [1.54, 1.807) is 12.1 Å². The summed E-state index contributed by atoms with van der Waals surface area (Å²) in [6.45, 7) is 2.34. The first kappa shape index (κ1) is 14.2. The van der Waals surface area contributed by atoms with Gasteiger partial charge in [0.2, 0.25) is 0 Å². The predicted molar refractivity (Wildman–Crippen MR) is 74.7 cm³/mol. The molecule has 0 atom stereocenters. The molecule has 0 saturated carbocycles. The molecule has 2 rings (SSSR count). The molecule has 0 spiro atoms. The topological polar surface area (TPSA) is 66.9 Å². The number of aromatic nitrogens is 2. The molecular formula is C13H12ClFN4O. The number of rotatable bonds is 4. The van der Waals surface area contributed by atoms with Crippen molar-refractivity contribution in [3.63, 3.8) is 0 Å². The second kappa shape index (κ2) is 6.29. The Morgan fingerprint density at radius 3 is 2.70 bits per heavy atom. The summed E-state index contributed by atoms with van der Waals surface area (Å²) in [6.07, 6.45) is 0. The van der Waals surface area contributed by atoms with Gasteiger partial charge in [-0.15, -0.1) is 10.2 Å². The first-order valence-electron chi connectivity index (χ1n) is 5.94. The average molecular weight is 295 g/mol. The number of nitrogens with one attached hydrogen (secondary N) is 2. The normalized spacial score (nSPS) is 10.2. The number of halogens is 2. The molecule has 20 heavy (non-hydrogen) atoms. The van der Waals surface area contributed by atoms with Gasteiger partial charge in [0, 0.05) is 12.2 Å². The molecule has 0 aliphatic heterocycles. The van der Waals surface area contributed by atoms with Crippen LogP contribution >= 0.6 is 11.6 Å². The maximum absolute atomic E-state index is 13.0. The largest absolute Gasteiger partial charge is 0.351 e. The zero-order valence-electron chi connectivity index (χ0n) is 10.7. The first-order chi connectivity index (χ1) is 9.60. The highest BCUT2D eigenvalue weighted by Crippen LogP contribution is 2.21. The van der Waals surface area contributed by atoms with Gasteiger partial charge < -0.3 is 10.6 Å². The summed E-state index contributed by atoms with van der Waals surface area (Å²) in [6, 6.07) is 7.37. The van der Waals surface area contributed by atoms with Gasteiger partial charge in [-0.3, -0.25) is 4.79 Å². The summed E-state index contributed by atoms with van der Waals surface area (Å²) < 4.78 is 13.0. The molecule has 0 bridgehead atoms. The van der Waals surface area contributed by atoms with Crippen molar-refractivity contribution in [1.82, 2.24) is 15.5 Å². The van der Waals surface area contributed by atoms with Crippen molar-refractivity contribution in [3.05, 3.63) is 46.9 Å². The monoisotopic (exact) mass is 294 g/mol. The molecule has 1 aromatic carbocycles. The van der Waals surface area contributed by atoms with Crippen LogP contribution in [0.25, 0.3) is 0 Å². The number of carbonyl (C=O) groups is 1. The van der Waals surface area contributed by atoms with Crippen LogP contribution in [-0.2, 0) is 0 Å². The quantitative estimate of drug-likeness (QED) is 0.910. The molecule has 0 aliphatic rings. The predicted octanol–water partition coefficient (Wildman–Crippen LogP) is 2.76. The number of hydrogen-bond donors (Lipinski definition) is 2. The third kappa shape index (κ3) is 3.42. The van der Waals surface area contributed by atoms with Crippen molar-refractivity contribution in [2.45, 2.75) is 6.92 Å². The summed E-state index contributed by atoms with van der Waals surface area (Å²) in [5.41, 5.74) is 0.811. The van der Waals surface area contributed by atoms with Gasteiger partial charge in [-0.2, -0.15) is 0 Å². The summed E-state index contributed by atoms with van der Waals surface area (Å²) in [4.78, 5) is 11.5. The Morgan fingerprint density at radius 2 is 2.10 bits per heavy atom. The fraction of sp³-hybridized carbons (Fsp3) is 0.154. The molecule has 1 aromatic heterocycles. The Bertz CT molecular complexity index is 618. The SMILES string of the molecule is CCNC(=O)c1ccc(Nc2ccc(F)c(Cl)c2)nn1. The lowest BCUT2D eigenvalue weighted by Crippen LogP contribution is -2.24. The molecule has 1 amide bonds. The lowest BCUT2D eigenvalue weighted by atomic mass is 10.3. The van der Waals surface area contributed by atoms with E-state index < -0.39 is 5.82 Å². The van der Waals surface area contributed by atoms with Crippen LogP contribution in [0.2, 0.25) is 5.02 Å². The molecule has 104 valence electrons. The van der Waals surface area contributed by atoms with E-state index in [9.17, 15) is 9.18 Å². The number of amides is 1. The summed E-state index contributed by atoms with van der Waals surface area (Å²) in [7, 11) is 0. The summed E-state index contributed by atoms with van der Waals surface area (Å²) in [5, 5.41) is 13.2. The van der Waals surface area contributed by atoms with E-state index in [0.717, 1.165) is 0 Å². The van der Waals surface area contributed by atoms with Crippen LogP contribution < -0.4 is 10.6 Å². The van der Waals surface area contributed by atoms with Gasteiger partial charge in [-0.25, -0.2) is 4.39 Å². The summed E-state index contributed by atoms with van der Waals surface area (Å²) >= 11 is 5.68. The number of hydrogen-bond acceptors (Lipinski definition) is 4. The van der Waals surface area contributed by atoms with Crippen molar-refractivity contribution in [2.24, 2.45) is 0 Å². The molecule has 0 aliphatic carbocycles. The van der Waals surface area contributed by atoms with Crippen LogP contribution in [0.5, 0.6) is 0 Å². The molecule has 0 radical (unpaired) electrons.